The van der Waals surface area contributed by atoms with Crippen molar-refractivity contribution in [2.75, 3.05) is 19.0 Å². The molecule has 1 aliphatic carbocycles. The van der Waals surface area contributed by atoms with E-state index in [0.717, 1.165) is 49.0 Å². The fourth-order valence-electron chi connectivity index (χ4n) is 4.88. The average Bonchev–Trinajstić information content (AvgIpc) is 3.50. The fraction of sp³-hybridized carbons (Fsp3) is 0.346. The molecular formula is C26H27FN4O3. The number of amides is 2. The van der Waals surface area contributed by atoms with Crippen LogP contribution in [0, 0.1) is 5.82 Å². The summed E-state index contributed by atoms with van der Waals surface area (Å²) in [5.74, 6) is -0.0321. The van der Waals surface area contributed by atoms with Crippen LogP contribution in [0.25, 0.3) is 5.69 Å². The molecule has 3 aromatic rings. The Kier molecular flexibility index (Phi) is 6.04. The number of methoxy groups -OCH3 is 1. The largest absolute Gasteiger partial charge is 0.497 e. The van der Waals surface area contributed by atoms with E-state index in [4.69, 9.17) is 9.84 Å². The van der Waals surface area contributed by atoms with Crippen molar-refractivity contribution in [3.8, 4) is 11.4 Å². The number of ether oxygens (including phenoxy) is 1. The second-order valence-electron chi connectivity index (χ2n) is 8.74. The minimum Gasteiger partial charge on any atom is -0.497 e. The Balaban J connectivity index is 1.40. The number of nitrogens with zero attached hydrogens (tertiary/aromatic N) is 3. The lowest BCUT2D eigenvalue weighted by Gasteiger charge is -2.24. The highest BCUT2D eigenvalue weighted by atomic mass is 19.1. The number of aromatic nitrogens is 2. The Hall–Kier alpha value is -3.68. The van der Waals surface area contributed by atoms with Crippen LogP contribution in [0.2, 0.25) is 0 Å². The van der Waals surface area contributed by atoms with Crippen molar-refractivity contribution in [1.29, 1.82) is 0 Å². The first kappa shape index (κ1) is 22.1. The summed E-state index contributed by atoms with van der Waals surface area (Å²) in [6, 6.07) is 12.7. The molecule has 2 heterocycles. The van der Waals surface area contributed by atoms with Crippen LogP contribution < -0.4 is 10.1 Å². The minimum atomic E-state index is -0.551. The van der Waals surface area contributed by atoms with Crippen LogP contribution in [0.3, 0.4) is 0 Å². The van der Waals surface area contributed by atoms with E-state index in [2.05, 4.69) is 5.32 Å². The molecule has 1 atom stereocenters. The van der Waals surface area contributed by atoms with Crippen LogP contribution in [-0.4, -0.2) is 46.2 Å². The van der Waals surface area contributed by atoms with E-state index in [0.29, 0.717) is 30.1 Å². The first-order valence-electron chi connectivity index (χ1n) is 11.7. The molecule has 1 aromatic heterocycles. The van der Waals surface area contributed by atoms with Gasteiger partial charge in [-0.25, -0.2) is 9.07 Å². The summed E-state index contributed by atoms with van der Waals surface area (Å²) in [7, 11) is 1.59. The lowest BCUT2D eigenvalue weighted by Crippen LogP contribution is -2.43. The lowest BCUT2D eigenvalue weighted by atomic mass is 9.95. The minimum absolute atomic E-state index is 0.206. The van der Waals surface area contributed by atoms with Crippen LogP contribution in [0.1, 0.15) is 47.4 Å². The van der Waals surface area contributed by atoms with Crippen molar-refractivity contribution < 1.29 is 18.7 Å². The third kappa shape index (κ3) is 4.16. The predicted octanol–water partition coefficient (Wildman–Crippen LogP) is 4.14. The summed E-state index contributed by atoms with van der Waals surface area (Å²) in [6.07, 6.45) is 4.96. The van der Waals surface area contributed by atoms with Crippen LogP contribution in [0.4, 0.5) is 10.1 Å². The van der Waals surface area contributed by atoms with Crippen LogP contribution in [0.15, 0.2) is 48.5 Å². The molecular weight excluding hydrogens is 435 g/mol. The molecule has 2 aliphatic rings. The summed E-state index contributed by atoms with van der Waals surface area (Å²) in [4.78, 5) is 28.4. The number of fused-ring (bicyclic) bond motifs is 1. The maximum absolute atomic E-state index is 13.7. The highest BCUT2D eigenvalue weighted by Crippen LogP contribution is 2.30. The van der Waals surface area contributed by atoms with E-state index in [9.17, 15) is 14.0 Å². The van der Waals surface area contributed by atoms with Gasteiger partial charge in [-0.15, -0.1) is 0 Å². The van der Waals surface area contributed by atoms with E-state index in [-0.39, 0.29) is 17.6 Å². The summed E-state index contributed by atoms with van der Waals surface area (Å²) in [5.41, 5.74) is 3.74. The second kappa shape index (κ2) is 9.29. The Morgan fingerprint density at radius 1 is 1.03 bits per heavy atom. The second-order valence-corrected chi connectivity index (χ2v) is 8.74. The van der Waals surface area contributed by atoms with Gasteiger partial charge in [0.25, 0.3) is 5.91 Å². The molecule has 1 N–H and O–H groups in total. The molecule has 1 aliphatic heterocycles. The quantitative estimate of drug-likeness (QED) is 0.618. The standard InChI is InChI=1S/C26H27FN4O3/c1-34-20-14-10-18(11-15-20)28-25(32)23-7-4-16-30(23)26(33)24-21-5-2-3-6-22(21)31(29-24)19-12-8-17(27)9-13-19/h8-15,23H,2-7,16H2,1H3,(H,28,32). The zero-order chi connectivity index (χ0) is 23.7. The molecule has 1 saturated heterocycles. The van der Waals surface area contributed by atoms with Crippen LogP contribution in [-0.2, 0) is 17.6 Å². The molecule has 8 heteroatoms. The normalized spacial score (nSPS) is 17.4. The van der Waals surface area contributed by atoms with Crippen LogP contribution >= 0.6 is 0 Å². The topological polar surface area (TPSA) is 76.5 Å². The van der Waals surface area contributed by atoms with E-state index in [1.165, 1.54) is 12.1 Å². The number of nitrogens with one attached hydrogen (secondary N) is 1. The zero-order valence-corrected chi connectivity index (χ0v) is 19.1. The van der Waals surface area contributed by atoms with Crippen molar-refractivity contribution in [3.63, 3.8) is 0 Å². The Morgan fingerprint density at radius 2 is 1.76 bits per heavy atom. The Morgan fingerprint density at radius 3 is 2.50 bits per heavy atom. The summed E-state index contributed by atoms with van der Waals surface area (Å²) >= 11 is 0. The molecule has 2 aromatic carbocycles. The maximum atomic E-state index is 13.7. The summed E-state index contributed by atoms with van der Waals surface area (Å²) < 4.78 is 20.4. The SMILES string of the molecule is COc1ccc(NC(=O)C2CCCN2C(=O)c2nn(-c3ccc(F)cc3)c3c2CCCC3)cc1. The number of anilines is 1. The van der Waals surface area contributed by atoms with Gasteiger partial charge >= 0.3 is 0 Å². The van der Waals surface area contributed by atoms with Crippen molar-refractivity contribution in [3.05, 3.63) is 71.3 Å². The number of hydrogen-bond donors (Lipinski definition) is 1. The van der Waals surface area contributed by atoms with Crippen molar-refractivity contribution in [1.82, 2.24) is 14.7 Å². The molecule has 2 amide bonds. The molecule has 7 nitrogen and oxygen atoms in total. The van der Waals surface area contributed by atoms with E-state index in [1.54, 1.807) is 53.1 Å². The summed E-state index contributed by atoms with van der Waals surface area (Å²) in [6.45, 7) is 0.512. The van der Waals surface area contributed by atoms with E-state index < -0.39 is 6.04 Å². The first-order chi connectivity index (χ1) is 16.5. The van der Waals surface area contributed by atoms with Gasteiger partial charge in [0.15, 0.2) is 5.69 Å². The highest BCUT2D eigenvalue weighted by Gasteiger charge is 2.37. The Bertz CT molecular complexity index is 1200. The molecule has 176 valence electrons. The maximum Gasteiger partial charge on any atom is 0.275 e. The molecule has 0 spiro atoms. The van der Waals surface area contributed by atoms with Gasteiger partial charge in [0.2, 0.25) is 5.91 Å². The van der Waals surface area contributed by atoms with Gasteiger partial charge in [0, 0.05) is 23.5 Å². The third-order valence-corrected chi connectivity index (χ3v) is 6.63. The number of likely N-dealkylation sites (tertiary alicyclic amines) is 1. The first-order valence-corrected chi connectivity index (χ1v) is 11.7. The lowest BCUT2D eigenvalue weighted by molar-refractivity contribution is -0.119. The van der Waals surface area contributed by atoms with Gasteiger partial charge in [-0.2, -0.15) is 5.10 Å². The van der Waals surface area contributed by atoms with Gasteiger partial charge in [-0.05, 0) is 87.1 Å². The van der Waals surface area contributed by atoms with Gasteiger partial charge in [0.05, 0.1) is 12.8 Å². The van der Waals surface area contributed by atoms with Gasteiger partial charge < -0.3 is 15.0 Å². The van der Waals surface area contributed by atoms with Gasteiger partial charge in [0.1, 0.15) is 17.6 Å². The number of benzene rings is 2. The average molecular weight is 463 g/mol. The molecule has 34 heavy (non-hydrogen) atoms. The summed E-state index contributed by atoms with van der Waals surface area (Å²) in [5, 5.41) is 7.61. The highest BCUT2D eigenvalue weighted by molar-refractivity contribution is 6.01. The van der Waals surface area contributed by atoms with E-state index in [1.807, 2.05) is 0 Å². The third-order valence-electron chi connectivity index (χ3n) is 6.63. The van der Waals surface area contributed by atoms with E-state index >= 15 is 0 Å². The van der Waals surface area contributed by atoms with Crippen molar-refractivity contribution >= 4 is 17.5 Å². The number of hydrogen-bond acceptors (Lipinski definition) is 4. The number of rotatable bonds is 5. The molecule has 0 bridgehead atoms. The Labute approximate surface area is 197 Å². The van der Waals surface area contributed by atoms with Gasteiger partial charge in [-0.1, -0.05) is 0 Å². The van der Waals surface area contributed by atoms with Gasteiger partial charge in [-0.3, -0.25) is 9.59 Å². The number of carbonyl (C=O) groups is 2. The number of halogens is 1. The molecule has 0 saturated carbocycles. The number of carbonyl (C=O) groups excluding carboxylic acids is 2. The smallest absolute Gasteiger partial charge is 0.275 e. The van der Waals surface area contributed by atoms with Crippen molar-refractivity contribution in [2.24, 2.45) is 0 Å². The molecule has 5 rings (SSSR count). The van der Waals surface area contributed by atoms with Crippen LogP contribution in [0.5, 0.6) is 5.75 Å². The predicted molar refractivity (Wildman–Crippen MR) is 126 cm³/mol. The van der Waals surface area contributed by atoms with Crippen molar-refractivity contribution in [2.45, 2.75) is 44.6 Å². The fourth-order valence-corrected chi connectivity index (χ4v) is 4.88. The zero-order valence-electron chi connectivity index (χ0n) is 19.1. The monoisotopic (exact) mass is 462 g/mol. The molecule has 1 fully saturated rings. The molecule has 1 unspecified atom stereocenters. The molecule has 0 radical (unpaired) electrons.